The van der Waals surface area contributed by atoms with Crippen molar-refractivity contribution >= 4 is 17.5 Å². The minimum Gasteiger partial charge on any atom is -0.492 e. The van der Waals surface area contributed by atoms with Gasteiger partial charge in [0.05, 0.1) is 12.4 Å². The Kier molecular flexibility index (Phi) is 5.69. The lowest BCUT2D eigenvalue weighted by molar-refractivity contribution is 0.0918. The predicted octanol–water partition coefficient (Wildman–Crippen LogP) is 3.39. The number of ether oxygens (including phenoxy) is 1. The summed E-state index contributed by atoms with van der Waals surface area (Å²) in [7, 11) is 0. The zero-order valence-electron chi connectivity index (χ0n) is 11.9. The van der Waals surface area contributed by atoms with E-state index >= 15 is 0 Å². The molecule has 21 heavy (non-hydrogen) atoms. The van der Waals surface area contributed by atoms with Crippen LogP contribution in [0.3, 0.4) is 0 Å². The molecule has 2 aromatic rings. The molecule has 2 rings (SSSR count). The standard InChI is InChI=1S/C16H18ClNO3/c1-2-12-4-3-5-13(10-12)20-9-8-18-16(19)15-7-6-14(11-17)21-15/h3-7,10H,2,8-9,11H2,1H3,(H,18,19). The first-order valence-corrected chi connectivity index (χ1v) is 7.41. The lowest BCUT2D eigenvalue weighted by Crippen LogP contribution is -2.27. The molecule has 5 heteroatoms. The summed E-state index contributed by atoms with van der Waals surface area (Å²) in [6.07, 6.45) is 0.968. The van der Waals surface area contributed by atoms with E-state index < -0.39 is 0 Å². The molecule has 0 radical (unpaired) electrons. The van der Waals surface area contributed by atoms with Crippen LogP contribution in [0.1, 0.15) is 28.8 Å². The molecular formula is C16H18ClNO3. The number of carbonyl (C=O) groups is 1. The number of nitrogens with one attached hydrogen (secondary N) is 1. The summed E-state index contributed by atoms with van der Waals surface area (Å²) in [5.74, 6) is 1.64. The summed E-state index contributed by atoms with van der Waals surface area (Å²) in [4.78, 5) is 11.8. The van der Waals surface area contributed by atoms with Gasteiger partial charge in [0, 0.05) is 0 Å². The molecule has 1 aromatic heterocycles. The van der Waals surface area contributed by atoms with Crippen LogP contribution >= 0.6 is 11.6 Å². The summed E-state index contributed by atoms with van der Waals surface area (Å²) < 4.78 is 10.9. The number of aryl methyl sites for hydroxylation is 1. The maximum absolute atomic E-state index is 11.8. The van der Waals surface area contributed by atoms with E-state index in [0.717, 1.165) is 12.2 Å². The maximum Gasteiger partial charge on any atom is 0.287 e. The van der Waals surface area contributed by atoms with Crippen molar-refractivity contribution in [3.05, 3.63) is 53.5 Å². The molecule has 0 unspecified atom stereocenters. The van der Waals surface area contributed by atoms with Crippen LogP contribution in [-0.2, 0) is 12.3 Å². The van der Waals surface area contributed by atoms with Gasteiger partial charge in [0.15, 0.2) is 5.76 Å². The highest BCUT2D eigenvalue weighted by molar-refractivity contribution is 6.16. The molecule has 1 aromatic carbocycles. The molecule has 4 nitrogen and oxygen atoms in total. The molecule has 0 fully saturated rings. The van der Waals surface area contributed by atoms with Gasteiger partial charge in [-0.15, -0.1) is 11.6 Å². The van der Waals surface area contributed by atoms with Gasteiger partial charge in [-0.05, 0) is 36.2 Å². The van der Waals surface area contributed by atoms with Gasteiger partial charge in [-0.25, -0.2) is 0 Å². The Balaban J connectivity index is 1.75. The number of benzene rings is 1. The van der Waals surface area contributed by atoms with E-state index in [2.05, 4.69) is 18.3 Å². The quantitative estimate of drug-likeness (QED) is 0.630. The highest BCUT2D eigenvalue weighted by Gasteiger charge is 2.10. The van der Waals surface area contributed by atoms with Gasteiger partial charge in [0.1, 0.15) is 18.1 Å². The number of furan rings is 1. The van der Waals surface area contributed by atoms with Crippen LogP contribution in [-0.4, -0.2) is 19.1 Å². The molecule has 0 aliphatic carbocycles. The molecule has 112 valence electrons. The number of rotatable bonds is 7. The second kappa shape index (κ2) is 7.74. The van der Waals surface area contributed by atoms with E-state index in [1.165, 1.54) is 5.56 Å². The van der Waals surface area contributed by atoms with Crippen LogP contribution in [0.2, 0.25) is 0 Å². The highest BCUT2D eigenvalue weighted by Crippen LogP contribution is 2.13. The van der Waals surface area contributed by atoms with Crippen molar-refractivity contribution < 1.29 is 13.9 Å². The minimum absolute atomic E-state index is 0.254. The van der Waals surface area contributed by atoms with Crippen LogP contribution in [0.4, 0.5) is 0 Å². The monoisotopic (exact) mass is 307 g/mol. The Morgan fingerprint density at radius 1 is 1.33 bits per heavy atom. The van der Waals surface area contributed by atoms with Gasteiger partial charge in [0.25, 0.3) is 5.91 Å². The van der Waals surface area contributed by atoms with Crippen molar-refractivity contribution in [3.63, 3.8) is 0 Å². The fourth-order valence-electron chi connectivity index (χ4n) is 1.85. The SMILES string of the molecule is CCc1cccc(OCCNC(=O)c2ccc(CCl)o2)c1. The normalized spacial score (nSPS) is 10.4. The highest BCUT2D eigenvalue weighted by atomic mass is 35.5. The molecular weight excluding hydrogens is 290 g/mol. The Morgan fingerprint density at radius 2 is 2.19 bits per heavy atom. The third-order valence-electron chi connectivity index (χ3n) is 2.98. The molecule has 0 spiro atoms. The van der Waals surface area contributed by atoms with Crippen molar-refractivity contribution in [3.8, 4) is 5.75 Å². The molecule has 0 saturated carbocycles. The summed E-state index contributed by atoms with van der Waals surface area (Å²) in [5, 5.41) is 2.73. The number of halogens is 1. The number of hydrogen-bond donors (Lipinski definition) is 1. The molecule has 0 aliphatic heterocycles. The molecule has 0 atom stereocenters. The minimum atomic E-state index is -0.266. The number of carbonyl (C=O) groups excluding carboxylic acids is 1. The van der Waals surface area contributed by atoms with E-state index in [9.17, 15) is 4.79 Å². The van der Waals surface area contributed by atoms with E-state index in [1.54, 1.807) is 12.1 Å². The molecule has 1 heterocycles. The van der Waals surface area contributed by atoms with Crippen LogP contribution in [0.15, 0.2) is 40.8 Å². The Bertz CT molecular complexity index is 595. The molecule has 1 amide bonds. The smallest absolute Gasteiger partial charge is 0.287 e. The molecule has 0 bridgehead atoms. The van der Waals surface area contributed by atoms with Crippen LogP contribution < -0.4 is 10.1 Å². The summed E-state index contributed by atoms with van der Waals surface area (Å²) in [6, 6.07) is 11.2. The third kappa shape index (κ3) is 4.53. The van der Waals surface area contributed by atoms with E-state index in [4.69, 9.17) is 20.8 Å². The van der Waals surface area contributed by atoms with Crippen molar-refractivity contribution in [1.29, 1.82) is 0 Å². The summed E-state index contributed by atoms with van der Waals surface area (Å²) in [6.45, 7) is 2.91. The van der Waals surface area contributed by atoms with Gasteiger partial charge in [-0.2, -0.15) is 0 Å². The Labute approximate surface area is 129 Å². The molecule has 1 N–H and O–H groups in total. The van der Waals surface area contributed by atoms with Crippen molar-refractivity contribution in [2.45, 2.75) is 19.2 Å². The van der Waals surface area contributed by atoms with Crippen molar-refractivity contribution in [2.24, 2.45) is 0 Å². The van der Waals surface area contributed by atoms with Gasteiger partial charge in [-0.1, -0.05) is 19.1 Å². The zero-order chi connectivity index (χ0) is 15.1. The van der Waals surface area contributed by atoms with Crippen LogP contribution in [0.25, 0.3) is 0 Å². The fourth-order valence-corrected chi connectivity index (χ4v) is 1.99. The first-order chi connectivity index (χ1) is 10.2. The van der Waals surface area contributed by atoms with Crippen molar-refractivity contribution in [1.82, 2.24) is 5.32 Å². The fraction of sp³-hybridized carbons (Fsp3) is 0.312. The number of amides is 1. The second-order valence-corrected chi connectivity index (χ2v) is 4.77. The van der Waals surface area contributed by atoms with Gasteiger partial charge in [-0.3, -0.25) is 4.79 Å². The zero-order valence-corrected chi connectivity index (χ0v) is 12.7. The topological polar surface area (TPSA) is 51.5 Å². The third-order valence-corrected chi connectivity index (χ3v) is 3.24. The lowest BCUT2D eigenvalue weighted by atomic mass is 10.2. The van der Waals surface area contributed by atoms with Gasteiger partial charge >= 0.3 is 0 Å². The number of alkyl halides is 1. The number of hydrogen-bond acceptors (Lipinski definition) is 3. The van der Waals surface area contributed by atoms with E-state index in [0.29, 0.717) is 18.9 Å². The van der Waals surface area contributed by atoms with Crippen molar-refractivity contribution in [2.75, 3.05) is 13.2 Å². The van der Waals surface area contributed by atoms with Crippen LogP contribution in [0, 0.1) is 0 Å². The average Bonchev–Trinajstić information content (AvgIpc) is 3.00. The first kappa shape index (κ1) is 15.4. The van der Waals surface area contributed by atoms with Gasteiger partial charge in [0.2, 0.25) is 0 Å². The van der Waals surface area contributed by atoms with Crippen LogP contribution in [0.5, 0.6) is 5.75 Å². The molecule has 0 aliphatic rings. The molecule has 0 saturated heterocycles. The maximum atomic E-state index is 11.8. The second-order valence-electron chi connectivity index (χ2n) is 4.50. The Hall–Kier alpha value is -1.94. The Morgan fingerprint density at radius 3 is 2.90 bits per heavy atom. The lowest BCUT2D eigenvalue weighted by Gasteiger charge is -2.08. The largest absolute Gasteiger partial charge is 0.492 e. The van der Waals surface area contributed by atoms with Gasteiger partial charge < -0.3 is 14.5 Å². The summed E-state index contributed by atoms with van der Waals surface area (Å²) >= 11 is 5.62. The summed E-state index contributed by atoms with van der Waals surface area (Å²) in [5.41, 5.74) is 1.22. The predicted molar refractivity (Wildman–Crippen MR) is 81.9 cm³/mol. The average molecular weight is 308 g/mol. The van der Waals surface area contributed by atoms with E-state index in [1.807, 2.05) is 18.2 Å². The first-order valence-electron chi connectivity index (χ1n) is 6.87. The van der Waals surface area contributed by atoms with E-state index in [-0.39, 0.29) is 17.5 Å².